The molecule has 1 saturated heterocycles. The Kier molecular flexibility index (Phi) is 3.27. The van der Waals surface area contributed by atoms with E-state index in [2.05, 4.69) is 39.5 Å². The number of hydrogen-bond acceptors (Lipinski definition) is 2. The first-order chi connectivity index (χ1) is 6.26. The van der Waals surface area contributed by atoms with Gasteiger partial charge < -0.3 is 5.11 Å². The minimum absolute atomic E-state index is 0.277. The number of aliphatic hydroxyl groups is 1. The average Bonchev–Trinajstić information content (AvgIpc) is 1.93. The van der Waals surface area contributed by atoms with E-state index in [9.17, 15) is 0 Å². The Bertz CT molecular complexity index is 185. The van der Waals surface area contributed by atoms with Crippen LogP contribution in [0.25, 0.3) is 0 Å². The summed E-state index contributed by atoms with van der Waals surface area (Å²) in [5.74, 6) is 0. The molecular weight excluding hydrogens is 174 g/mol. The van der Waals surface area contributed by atoms with Crippen LogP contribution in [0.1, 0.15) is 41.0 Å². The molecule has 1 N–H and O–H groups in total. The third-order valence-electron chi connectivity index (χ3n) is 3.11. The summed E-state index contributed by atoms with van der Waals surface area (Å²) in [6.07, 6.45) is 0.902. The third-order valence-corrected chi connectivity index (χ3v) is 3.11. The van der Waals surface area contributed by atoms with Gasteiger partial charge in [-0.2, -0.15) is 0 Å². The van der Waals surface area contributed by atoms with E-state index in [-0.39, 0.29) is 5.41 Å². The van der Waals surface area contributed by atoms with E-state index in [1.165, 1.54) is 13.1 Å². The van der Waals surface area contributed by atoms with Crippen LogP contribution in [-0.2, 0) is 0 Å². The van der Waals surface area contributed by atoms with E-state index in [4.69, 9.17) is 5.11 Å². The molecule has 1 heterocycles. The zero-order valence-electron chi connectivity index (χ0n) is 10.3. The molecule has 1 unspecified atom stereocenters. The molecule has 0 spiro atoms. The highest BCUT2D eigenvalue weighted by molar-refractivity contribution is 4.95. The van der Waals surface area contributed by atoms with Crippen LogP contribution in [0.15, 0.2) is 0 Å². The summed E-state index contributed by atoms with van der Waals surface area (Å²) in [7, 11) is 0. The number of likely N-dealkylation sites (tertiary alicyclic amines) is 1. The van der Waals surface area contributed by atoms with E-state index in [1.54, 1.807) is 0 Å². The van der Waals surface area contributed by atoms with Gasteiger partial charge in [-0.05, 0) is 17.3 Å². The zero-order chi connectivity index (χ0) is 11.0. The van der Waals surface area contributed by atoms with Crippen molar-refractivity contribution in [3.8, 4) is 0 Å². The van der Waals surface area contributed by atoms with Gasteiger partial charge in [0.1, 0.15) is 0 Å². The minimum atomic E-state index is 0.277. The molecule has 0 bridgehead atoms. The van der Waals surface area contributed by atoms with Crippen LogP contribution in [0, 0.1) is 10.8 Å². The maximum atomic E-state index is 9.07. The van der Waals surface area contributed by atoms with Crippen LogP contribution in [0.5, 0.6) is 0 Å². The van der Waals surface area contributed by atoms with Gasteiger partial charge in [0.15, 0.2) is 0 Å². The van der Waals surface area contributed by atoms with Crippen molar-refractivity contribution in [3.05, 3.63) is 0 Å². The Morgan fingerprint density at radius 2 is 1.79 bits per heavy atom. The van der Waals surface area contributed by atoms with Crippen LogP contribution in [0.4, 0.5) is 0 Å². The summed E-state index contributed by atoms with van der Waals surface area (Å²) < 4.78 is 0. The fraction of sp³-hybridized carbons (Fsp3) is 1.00. The molecule has 2 nitrogen and oxygen atoms in total. The highest BCUT2D eigenvalue weighted by atomic mass is 16.3. The first-order valence-corrected chi connectivity index (χ1v) is 5.61. The smallest absolute Gasteiger partial charge is 0.0446 e. The van der Waals surface area contributed by atoms with Gasteiger partial charge in [0.05, 0.1) is 0 Å². The lowest BCUT2D eigenvalue weighted by Crippen LogP contribution is -2.60. The van der Waals surface area contributed by atoms with Crippen LogP contribution in [-0.4, -0.2) is 35.7 Å². The standard InChI is InChI=1S/C12H25NO/c1-11(2,3)10(6-7-14)13-8-12(4,5)9-13/h10,14H,6-9H2,1-5H3. The molecule has 14 heavy (non-hydrogen) atoms. The highest BCUT2D eigenvalue weighted by Crippen LogP contribution is 2.37. The Morgan fingerprint density at radius 1 is 1.29 bits per heavy atom. The van der Waals surface area contributed by atoms with E-state index >= 15 is 0 Å². The molecule has 0 aromatic carbocycles. The maximum Gasteiger partial charge on any atom is 0.0446 e. The lowest BCUT2D eigenvalue weighted by Gasteiger charge is -2.53. The molecule has 84 valence electrons. The van der Waals surface area contributed by atoms with E-state index in [0.717, 1.165) is 6.42 Å². The van der Waals surface area contributed by atoms with Crippen LogP contribution in [0.3, 0.4) is 0 Å². The Balaban J connectivity index is 2.54. The van der Waals surface area contributed by atoms with Gasteiger partial charge in [-0.3, -0.25) is 4.90 Å². The molecule has 1 fully saturated rings. The average molecular weight is 199 g/mol. The van der Waals surface area contributed by atoms with E-state index in [1.807, 2.05) is 0 Å². The number of rotatable bonds is 3. The second-order valence-corrected chi connectivity index (χ2v) is 6.46. The van der Waals surface area contributed by atoms with E-state index < -0.39 is 0 Å². The quantitative estimate of drug-likeness (QED) is 0.752. The van der Waals surface area contributed by atoms with Gasteiger partial charge in [0.25, 0.3) is 0 Å². The molecular formula is C12H25NO. The predicted octanol–water partition coefficient (Wildman–Crippen LogP) is 2.13. The SMILES string of the molecule is CC1(C)CN(C(CCO)C(C)(C)C)C1. The predicted molar refractivity (Wildman–Crippen MR) is 60.3 cm³/mol. The topological polar surface area (TPSA) is 23.5 Å². The largest absolute Gasteiger partial charge is 0.396 e. The van der Waals surface area contributed by atoms with Gasteiger partial charge in [0, 0.05) is 25.7 Å². The van der Waals surface area contributed by atoms with Crippen molar-refractivity contribution >= 4 is 0 Å². The van der Waals surface area contributed by atoms with Gasteiger partial charge in [0.2, 0.25) is 0 Å². The third kappa shape index (κ3) is 2.71. The Labute approximate surface area is 88.3 Å². The van der Waals surface area contributed by atoms with Crippen LogP contribution >= 0.6 is 0 Å². The fourth-order valence-corrected chi connectivity index (χ4v) is 2.56. The van der Waals surface area contributed by atoms with Crippen molar-refractivity contribution in [1.29, 1.82) is 0 Å². The first kappa shape index (κ1) is 12.0. The molecule has 0 aromatic rings. The molecule has 1 rings (SSSR count). The second kappa shape index (κ2) is 3.82. The fourth-order valence-electron chi connectivity index (χ4n) is 2.56. The highest BCUT2D eigenvalue weighted by Gasteiger charge is 2.41. The van der Waals surface area contributed by atoms with Crippen LogP contribution < -0.4 is 0 Å². The summed E-state index contributed by atoms with van der Waals surface area (Å²) in [6.45, 7) is 14.1. The second-order valence-electron chi connectivity index (χ2n) is 6.46. The van der Waals surface area contributed by atoms with Crippen molar-refractivity contribution in [3.63, 3.8) is 0 Å². The summed E-state index contributed by atoms with van der Waals surface area (Å²) in [4.78, 5) is 2.51. The van der Waals surface area contributed by atoms with Crippen LogP contribution in [0.2, 0.25) is 0 Å². The molecule has 1 aliphatic heterocycles. The molecule has 0 aliphatic carbocycles. The molecule has 1 aliphatic rings. The van der Waals surface area contributed by atoms with Gasteiger partial charge >= 0.3 is 0 Å². The molecule has 0 aromatic heterocycles. The summed E-state index contributed by atoms with van der Waals surface area (Å²) in [5.41, 5.74) is 0.762. The molecule has 0 saturated carbocycles. The monoisotopic (exact) mass is 199 g/mol. The maximum absolute atomic E-state index is 9.07. The lowest BCUT2D eigenvalue weighted by molar-refractivity contribution is -0.0502. The van der Waals surface area contributed by atoms with Crippen molar-refractivity contribution in [2.24, 2.45) is 10.8 Å². The number of aliphatic hydroxyl groups excluding tert-OH is 1. The number of hydrogen-bond donors (Lipinski definition) is 1. The van der Waals surface area contributed by atoms with Crippen molar-refractivity contribution in [1.82, 2.24) is 4.90 Å². The van der Waals surface area contributed by atoms with Crippen molar-refractivity contribution in [2.45, 2.75) is 47.1 Å². The number of nitrogens with zero attached hydrogens (tertiary/aromatic N) is 1. The summed E-state index contributed by atoms with van der Waals surface area (Å²) in [6, 6.07) is 0.528. The normalized spacial score (nSPS) is 24.4. The molecule has 0 amide bonds. The van der Waals surface area contributed by atoms with Crippen molar-refractivity contribution < 1.29 is 5.11 Å². The van der Waals surface area contributed by atoms with Gasteiger partial charge in [-0.25, -0.2) is 0 Å². The lowest BCUT2D eigenvalue weighted by atomic mass is 9.76. The zero-order valence-corrected chi connectivity index (χ0v) is 10.3. The minimum Gasteiger partial charge on any atom is -0.396 e. The molecule has 1 atom stereocenters. The Morgan fingerprint density at radius 3 is 2.07 bits per heavy atom. The summed E-state index contributed by atoms with van der Waals surface area (Å²) in [5, 5.41) is 9.07. The van der Waals surface area contributed by atoms with Gasteiger partial charge in [-0.1, -0.05) is 34.6 Å². The first-order valence-electron chi connectivity index (χ1n) is 5.61. The molecule has 2 heteroatoms. The molecule has 0 radical (unpaired) electrons. The Hall–Kier alpha value is -0.0800. The van der Waals surface area contributed by atoms with E-state index in [0.29, 0.717) is 18.1 Å². The summed E-state index contributed by atoms with van der Waals surface area (Å²) >= 11 is 0. The van der Waals surface area contributed by atoms with Crippen molar-refractivity contribution in [2.75, 3.05) is 19.7 Å². The van der Waals surface area contributed by atoms with Gasteiger partial charge in [-0.15, -0.1) is 0 Å².